The largest absolute Gasteiger partial charge is 0.337 e. The highest BCUT2D eigenvalue weighted by Crippen LogP contribution is 2.21. The Hall–Kier alpha value is -5.60. The Morgan fingerprint density at radius 1 is 0.217 bits per heavy atom. The van der Waals surface area contributed by atoms with Crippen molar-refractivity contribution in [3.05, 3.63) is 106 Å². The summed E-state index contributed by atoms with van der Waals surface area (Å²) in [5.41, 5.74) is 6.16. The molecule has 0 saturated heterocycles. The fourth-order valence-electron chi connectivity index (χ4n) is 12.7. The molecule has 0 atom stereocenters. The molecule has 0 N–H and O–H groups in total. The smallest absolute Gasteiger partial charge is 0.222 e. The lowest BCUT2D eigenvalue weighted by Gasteiger charge is -2.33. The second-order valence-corrected chi connectivity index (χ2v) is 26.9. The maximum absolute atomic E-state index is 14.6. The fourth-order valence-corrected chi connectivity index (χ4v) is 12.7. The van der Waals surface area contributed by atoms with Crippen molar-refractivity contribution in [2.45, 2.75) is 273 Å². The van der Waals surface area contributed by atoms with Crippen LogP contribution >= 0.6 is 0 Å². The maximum atomic E-state index is 14.6. The molecule has 3 aromatic rings. The van der Waals surface area contributed by atoms with E-state index < -0.39 is 0 Å². The summed E-state index contributed by atoms with van der Waals surface area (Å²) >= 11 is 0. The van der Waals surface area contributed by atoms with Gasteiger partial charge in [0.15, 0.2) is 0 Å². The third-order valence-corrected chi connectivity index (χ3v) is 19.0. The zero-order valence-electron chi connectivity index (χ0n) is 58.9. The van der Waals surface area contributed by atoms with Gasteiger partial charge in [0.25, 0.3) is 0 Å². The van der Waals surface area contributed by atoms with Gasteiger partial charge in [0.05, 0.1) is 0 Å². The molecule has 3 aromatic carbocycles. The van der Waals surface area contributed by atoms with Gasteiger partial charge >= 0.3 is 0 Å². The molecule has 0 fully saturated rings. The molecule has 6 amide bonds. The molecule has 12 heterocycles. The number of hydrogen-bond donors (Lipinski definition) is 0. The van der Waals surface area contributed by atoms with Crippen LogP contribution in [0.5, 0.6) is 0 Å². The molecule has 0 saturated carbocycles. The van der Waals surface area contributed by atoms with E-state index in [1.807, 2.05) is 29.4 Å². The highest BCUT2D eigenvalue weighted by Gasteiger charge is 2.25. The minimum atomic E-state index is 0.134. The standard InChI is InChI=1S/C78H126N8O6/c1-7-13-19-25-31-73(87)81-55-49-79-50-56-82(74(88)32-26-20-14-8-2)63-69-41-45-71(46-42-69)65-85(77(91)35-29-23-17-11-5)59-53-80(52-58-84(76(90)34-28-22-16-10-4)62-68-39-37-67(61-81)38-40-68)54-60-86(78(92)36-30-24-18-12-6)66-72-47-43-70(44-48-72)64-83(57-51-79)75(89)33-27-21-15-9-3/h37-48H,7-36,49-66H2,1-6H3. The van der Waals surface area contributed by atoms with Crippen molar-refractivity contribution in [3.63, 3.8) is 0 Å². The minimum Gasteiger partial charge on any atom is -0.337 e. The van der Waals surface area contributed by atoms with Crippen LogP contribution in [0.2, 0.25) is 0 Å². The number of amides is 6. The van der Waals surface area contributed by atoms with Crippen molar-refractivity contribution in [2.75, 3.05) is 78.5 Å². The molecule has 14 nitrogen and oxygen atoms in total. The van der Waals surface area contributed by atoms with Gasteiger partial charge < -0.3 is 29.4 Å². The highest BCUT2D eigenvalue weighted by molar-refractivity contribution is 5.78. The maximum Gasteiger partial charge on any atom is 0.222 e. The van der Waals surface area contributed by atoms with Gasteiger partial charge in [-0.2, -0.15) is 0 Å². The van der Waals surface area contributed by atoms with Crippen LogP contribution in [-0.4, -0.2) is 153 Å². The zero-order valence-corrected chi connectivity index (χ0v) is 58.9. The first kappa shape index (κ1) is 77.1. The Bertz CT molecular complexity index is 2080. The number of hydrogen-bond acceptors (Lipinski definition) is 8. The molecule has 0 radical (unpaired) electrons. The van der Waals surface area contributed by atoms with Gasteiger partial charge in [0, 0.05) is 156 Å². The Labute approximate surface area is 558 Å². The summed E-state index contributed by atoms with van der Waals surface area (Å²) in [4.78, 5) is 104. The Morgan fingerprint density at radius 3 is 0.489 bits per heavy atom. The van der Waals surface area contributed by atoms with E-state index in [9.17, 15) is 28.8 Å². The zero-order chi connectivity index (χ0) is 66.0. The molecule has 8 bridgehead atoms. The van der Waals surface area contributed by atoms with Crippen molar-refractivity contribution < 1.29 is 28.8 Å². The number of rotatable bonds is 30. The molecule has 0 aliphatic carbocycles. The SMILES string of the molecule is CCCCCCC(=O)N1CCN2CCN(C(=O)CCCCCC)Cc3ccc(cc3)CN(C(=O)CCCCCC)CCN(CCN(C(=O)CCCCCC)Cc3ccc(cc3)C1)CCN(C(=O)CCCCCC)Cc1ccc(cc1)CN(C(=O)CCCCCC)CC2. The summed E-state index contributed by atoms with van der Waals surface area (Å²) in [7, 11) is 0. The summed E-state index contributed by atoms with van der Waals surface area (Å²) in [5.74, 6) is 0.802. The minimum absolute atomic E-state index is 0.134. The lowest BCUT2D eigenvalue weighted by atomic mass is 10.1. The van der Waals surface area contributed by atoms with E-state index in [2.05, 4.69) is 124 Å². The van der Waals surface area contributed by atoms with Gasteiger partial charge in [0.1, 0.15) is 0 Å². The summed E-state index contributed by atoms with van der Waals surface area (Å²) in [6, 6.07) is 25.5. The first-order valence-electron chi connectivity index (χ1n) is 37.2. The van der Waals surface area contributed by atoms with Crippen LogP contribution in [0.1, 0.15) is 268 Å². The van der Waals surface area contributed by atoms with Gasteiger partial charge in [-0.25, -0.2) is 0 Å². The predicted molar refractivity (Wildman–Crippen MR) is 377 cm³/mol. The molecule has 0 aromatic heterocycles. The summed E-state index contributed by atoms with van der Waals surface area (Å²) in [6.07, 6.45) is 27.0. The third kappa shape index (κ3) is 30.6. The fraction of sp³-hybridized carbons (Fsp3) is 0.692. The summed E-state index contributed by atoms with van der Waals surface area (Å²) < 4.78 is 0. The topological polar surface area (TPSA) is 128 Å². The predicted octanol–water partition coefficient (Wildman–Crippen LogP) is 15.5. The number of unbranched alkanes of at least 4 members (excludes halogenated alkanes) is 18. The molecule has 0 unspecified atom stereocenters. The molecule has 14 heteroatoms. The Morgan fingerprint density at radius 2 is 0.359 bits per heavy atom. The van der Waals surface area contributed by atoms with Crippen LogP contribution in [0.15, 0.2) is 72.8 Å². The van der Waals surface area contributed by atoms with Crippen LogP contribution in [0, 0.1) is 0 Å². The van der Waals surface area contributed by atoms with Crippen molar-refractivity contribution in [1.82, 2.24) is 39.2 Å². The third-order valence-electron chi connectivity index (χ3n) is 19.0. The monoisotopic (exact) mass is 1270 g/mol. The molecule has 15 rings (SSSR count). The molecular formula is C78H126N8O6. The van der Waals surface area contributed by atoms with E-state index in [-0.39, 0.29) is 35.4 Å². The first-order valence-corrected chi connectivity index (χ1v) is 37.2. The number of carbonyl (C=O) groups excluding carboxylic acids is 6. The molecule has 12 aliphatic heterocycles. The van der Waals surface area contributed by atoms with Crippen LogP contribution in [-0.2, 0) is 68.0 Å². The Balaban J connectivity index is 1.69. The number of nitrogens with zero attached hydrogens (tertiary/aromatic N) is 8. The average Bonchev–Trinajstić information content (AvgIpc) is 1.31. The van der Waals surface area contributed by atoms with E-state index in [0.717, 1.165) is 187 Å². The van der Waals surface area contributed by atoms with Gasteiger partial charge in [-0.3, -0.25) is 38.6 Å². The van der Waals surface area contributed by atoms with Crippen molar-refractivity contribution in [2.24, 2.45) is 0 Å². The van der Waals surface area contributed by atoms with Gasteiger partial charge in [0.2, 0.25) is 35.4 Å². The quantitative estimate of drug-likeness (QED) is 0.0604. The Kier molecular flexibility index (Phi) is 39.0. The van der Waals surface area contributed by atoms with E-state index in [1.165, 1.54) is 0 Å². The van der Waals surface area contributed by atoms with E-state index in [0.29, 0.717) is 156 Å². The van der Waals surface area contributed by atoms with Crippen LogP contribution in [0.4, 0.5) is 0 Å². The van der Waals surface area contributed by atoms with Crippen LogP contribution in [0.25, 0.3) is 0 Å². The summed E-state index contributed by atoms with van der Waals surface area (Å²) in [6.45, 7) is 22.1. The second kappa shape index (κ2) is 46.5. The second-order valence-electron chi connectivity index (χ2n) is 26.9. The van der Waals surface area contributed by atoms with Crippen LogP contribution < -0.4 is 0 Å². The molecule has 12 aliphatic rings. The number of carbonyl (C=O) groups is 6. The molecular weight excluding hydrogens is 1140 g/mol. The van der Waals surface area contributed by atoms with E-state index in [1.54, 1.807) is 0 Å². The summed E-state index contributed by atoms with van der Waals surface area (Å²) in [5, 5.41) is 0. The van der Waals surface area contributed by atoms with Crippen LogP contribution in [0.3, 0.4) is 0 Å². The molecule has 514 valence electrons. The molecule has 92 heavy (non-hydrogen) atoms. The normalized spacial score (nSPS) is 17.0. The van der Waals surface area contributed by atoms with Gasteiger partial charge in [-0.05, 0) is 71.9 Å². The van der Waals surface area contributed by atoms with Crippen molar-refractivity contribution in [1.29, 1.82) is 0 Å². The lowest BCUT2D eigenvalue weighted by Crippen LogP contribution is -2.45. The van der Waals surface area contributed by atoms with Crippen molar-refractivity contribution in [3.8, 4) is 0 Å². The van der Waals surface area contributed by atoms with Crippen molar-refractivity contribution >= 4 is 35.4 Å². The van der Waals surface area contributed by atoms with Gasteiger partial charge in [-0.1, -0.05) is 230 Å². The first-order chi connectivity index (χ1) is 44.9. The lowest BCUT2D eigenvalue weighted by molar-refractivity contribution is -0.134. The van der Waals surface area contributed by atoms with Gasteiger partial charge in [-0.15, -0.1) is 0 Å². The number of benzene rings is 3. The molecule has 0 spiro atoms. The average molecular weight is 1270 g/mol. The van der Waals surface area contributed by atoms with E-state index >= 15 is 0 Å². The van der Waals surface area contributed by atoms with E-state index in [4.69, 9.17) is 0 Å². The highest BCUT2D eigenvalue weighted by atomic mass is 16.2.